The van der Waals surface area contributed by atoms with Crippen molar-refractivity contribution in [1.82, 2.24) is 0 Å². The molecule has 0 atom stereocenters. The highest BCUT2D eigenvalue weighted by Gasteiger charge is 2.23. The molecule has 3 aromatic rings. The normalized spacial score (nSPS) is 19.2. The quantitative estimate of drug-likeness (QED) is 0.356. The number of benzene rings is 3. The molecule has 1 fully saturated rings. The molecule has 0 unspecified atom stereocenters. The largest absolute Gasteiger partial charge is 0.432 e. The van der Waals surface area contributed by atoms with Crippen LogP contribution in [0.2, 0.25) is 0 Å². The predicted octanol–water partition coefficient (Wildman–Crippen LogP) is 8.46. The van der Waals surface area contributed by atoms with E-state index in [1.165, 1.54) is 43.9 Å². The van der Waals surface area contributed by atoms with E-state index in [4.69, 9.17) is 0 Å². The second-order valence-electron chi connectivity index (χ2n) is 8.44. The zero-order valence-electron chi connectivity index (χ0n) is 17.5. The average molecular weight is 430 g/mol. The molecule has 0 amide bonds. The summed E-state index contributed by atoms with van der Waals surface area (Å²) in [5.41, 5.74) is 2.10. The minimum Gasteiger partial charge on any atom is -0.432 e. The third kappa shape index (κ3) is 4.70. The molecule has 0 aliphatic heterocycles. The molecule has 0 heterocycles. The van der Waals surface area contributed by atoms with Gasteiger partial charge in [-0.2, -0.15) is 8.78 Å². The monoisotopic (exact) mass is 430 g/mol. The van der Waals surface area contributed by atoms with Crippen LogP contribution < -0.4 is 4.74 Å². The summed E-state index contributed by atoms with van der Waals surface area (Å²) in [4.78, 5) is 0. The molecule has 4 rings (SSSR count). The van der Waals surface area contributed by atoms with Crippen LogP contribution in [0.25, 0.3) is 21.9 Å². The maximum Gasteiger partial charge on any atom is 0.387 e. The van der Waals surface area contributed by atoms with Crippen LogP contribution in [0, 0.1) is 17.6 Å². The van der Waals surface area contributed by atoms with Crippen molar-refractivity contribution >= 4 is 10.8 Å². The molecule has 1 aliphatic carbocycles. The number of ether oxygens (including phenoxy) is 1. The molecule has 31 heavy (non-hydrogen) atoms. The van der Waals surface area contributed by atoms with Crippen LogP contribution in [0.5, 0.6) is 5.75 Å². The summed E-state index contributed by atoms with van der Waals surface area (Å²) >= 11 is 0. The van der Waals surface area contributed by atoms with Gasteiger partial charge < -0.3 is 4.74 Å². The summed E-state index contributed by atoms with van der Waals surface area (Å²) in [5, 5.41) is 0.650. The number of hydrogen-bond acceptors (Lipinski definition) is 1. The van der Waals surface area contributed by atoms with Crippen molar-refractivity contribution in [3.8, 4) is 16.9 Å². The predicted molar refractivity (Wildman–Crippen MR) is 116 cm³/mol. The smallest absolute Gasteiger partial charge is 0.387 e. The van der Waals surface area contributed by atoms with Crippen molar-refractivity contribution in [2.45, 2.75) is 58.0 Å². The number of alkyl halides is 2. The lowest BCUT2D eigenvalue weighted by molar-refractivity contribution is -0.0520. The van der Waals surface area contributed by atoms with Gasteiger partial charge >= 0.3 is 6.61 Å². The van der Waals surface area contributed by atoms with Gasteiger partial charge in [-0.3, -0.25) is 0 Å². The van der Waals surface area contributed by atoms with E-state index >= 15 is 0 Å². The van der Waals surface area contributed by atoms with Gasteiger partial charge in [-0.1, -0.05) is 50.1 Å². The third-order valence-electron chi connectivity index (χ3n) is 6.45. The lowest BCUT2D eigenvalue weighted by Gasteiger charge is -2.28. The van der Waals surface area contributed by atoms with Crippen LogP contribution in [-0.2, 0) is 0 Å². The second kappa shape index (κ2) is 9.29. The Hall–Kier alpha value is -2.56. The molecule has 0 bridgehead atoms. The second-order valence-corrected chi connectivity index (χ2v) is 8.44. The van der Waals surface area contributed by atoms with E-state index in [1.807, 2.05) is 6.07 Å². The Kier molecular flexibility index (Phi) is 6.49. The lowest BCUT2D eigenvalue weighted by atomic mass is 9.77. The Labute approximate surface area is 180 Å². The minimum absolute atomic E-state index is 0.155. The number of rotatable bonds is 6. The highest BCUT2D eigenvalue weighted by molar-refractivity contribution is 5.89. The first-order chi connectivity index (χ1) is 15.0. The molecular weight excluding hydrogens is 404 g/mol. The van der Waals surface area contributed by atoms with Gasteiger partial charge in [-0.05, 0) is 72.2 Å². The van der Waals surface area contributed by atoms with E-state index in [2.05, 4.69) is 11.7 Å². The Morgan fingerprint density at radius 1 is 0.935 bits per heavy atom. The fourth-order valence-electron chi connectivity index (χ4n) is 4.84. The molecule has 0 radical (unpaired) electrons. The number of halogens is 4. The zero-order chi connectivity index (χ0) is 22.0. The highest BCUT2D eigenvalue weighted by atomic mass is 19.3. The lowest BCUT2D eigenvalue weighted by Crippen LogP contribution is -2.13. The van der Waals surface area contributed by atoms with Gasteiger partial charge in [0.2, 0.25) is 0 Å². The topological polar surface area (TPSA) is 9.23 Å². The molecule has 1 nitrogen and oxygen atoms in total. The maximum absolute atomic E-state index is 15.0. The van der Waals surface area contributed by atoms with E-state index < -0.39 is 18.2 Å². The molecule has 0 saturated heterocycles. The molecule has 3 aromatic carbocycles. The van der Waals surface area contributed by atoms with Crippen LogP contribution in [0.1, 0.15) is 56.9 Å². The van der Waals surface area contributed by atoms with Crippen molar-refractivity contribution in [3.63, 3.8) is 0 Å². The van der Waals surface area contributed by atoms with Gasteiger partial charge in [0.05, 0.1) is 0 Å². The molecule has 0 spiro atoms. The number of hydrogen-bond donors (Lipinski definition) is 0. The van der Waals surface area contributed by atoms with Crippen molar-refractivity contribution in [2.24, 2.45) is 5.92 Å². The molecule has 0 aromatic heterocycles. The molecule has 1 aliphatic rings. The van der Waals surface area contributed by atoms with Gasteiger partial charge in [0.15, 0.2) is 11.6 Å². The van der Waals surface area contributed by atoms with Gasteiger partial charge in [-0.25, -0.2) is 8.78 Å². The van der Waals surface area contributed by atoms with Crippen molar-refractivity contribution in [1.29, 1.82) is 0 Å². The summed E-state index contributed by atoms with van der Waals surface area (Å²) in [6, 6.07) is 12.8. The van der Waals surface area contributed by atoms with Gasteiger partial charge in [0, 0.05) is 10.9 Å². The fraction of sp³-hybridized carbons (Fsp3) is 0.385. The Bertz CT molecular complexity index is 1050. The van der Waals surface area contributed by atoms with E-state index in [1.54, 1.807) is 24.3 Å². The minimum atomic E-state index is -3.10. The van der Waals surface area contributed by atoms with Crippen molar-refractivity contribution in [2.75, 3.05) is 0 Å². The summed E-state index contributed by atoms with van der Waals surface area (Å²) in [7, 11) is 0. The molecular formula is C26H26F4O. The summed E-state index contributed by atoms with van der Waals surface area (Å²) in [5.74, 6) is -0.450. The van der Waals surface area contributed by atoms with Crippen LogP contribution in [0.3, 0.4) is 0 Å². The summed E-state index contributed by atoms with van der Waals surface area (Å²) in [6.07, 6.45) is 7.10. The first-order valence-electron chi connectivity index (χ1n) is 10.9. The highest BCUT2D eigenvalue weighted by Crippen LogP contribution is 2.39. The zero-order valence-corrected chi connectivity index (χ0v) is 17.5. The van der Waals surface area contributed by atoms with Gasteiger partial charge in [-0.15, -0.1) is 0 Å². The molecule has 1 saturated carbocycles. The van der Waals surface area contributed by atoms with E-state index in [0.29, 0.717) is 22.4 Å². The Morgan fingerprint density at radius 3 is 2.39 bits per heavy atom. The first kappa shape index (κ1) is 21.7. The fourth-order valence-corrected chi connectivity index (χ4v) is 4.84. The van der Waals surface area contributed by atoms with Crippen LogP contribution in [0.15, 0.2) is 48.5 Å². The van der Waals surface area contributed by atoms with Crippen LogP contribution in [0.4, 0.5) is 17.6 Å². The van der Waals surface area contributed by atoms with Crippen molar-refractivity contribution < 1.29 is 22.3 Å². The third-order valence-corrected chi connectivity index (χ3v) is 6.45. The average Bonchev–Trinajstić information content (AvgIpc) is 2.76. The van der Waals surface area contributed by atoms with Crippen molar-refractivity contribution in [3.05, 3.63) is 65.7 Å². The Morgan fingerprint density at radius 2 is 1.71 bits per heavy atom. The molecule has 0 N–H and O–H groups in total. The van der Waals surface area contributed by atoms with E-state index in [9.17, 15) is 17.6 Å². The first-order valence-corrected chi connectivity index (χ1v) is 10.9. The van der Waals surface area contributed by atoms with Crippen LogP contribution in [-0.4, -0.2) is 6.61 Å². The standard InChI is InChI=1S/C26H26F4O/c1-2-3-16-4-6-17(7-5-16)18-8-11-21(23(27)15-18)19-9-12-22-20(14-19)10-13-24(25(22)28)31-26(29)30/h8-17,26H,2-7H2,1H3. The summed E-state index contributed by atoms with van der Waals surface area (Å²) < 4.78 is 58.5. The maximum atomic E-state index is 15.0. The molecule has 5 heteroatoms. The molecule has 164 valence electrons. The van der Waals surface area contributed by atoms with Crippen LogP contribution >= 0.6 is 0 Å². The van der Waals surface area contributed by atoms with Gasteiger partial charge in [0.1, 0.15) is 5.82 Å². The number of fused-ring (bicyclic) bond motifs is 1. The summed E-state index contributed by atoms with van der Waals surface area (Å²) in [6.45, 7) is -0.877. The van der Waals surface area contributed by atoms with E-state index in [-0.39, 0.29) is 11.2 Å². The van der Waals surface area contributed by atoms with Gasteiger partial charge in [0.25, 0.3) is 0 Å². The van der Waals surface area contributed by atoms with E-state index in [0.717, 1.165) is 24.3 Å². The SMILES string of the molecule is CCCC1CCC(c2ccc(-c3ccc4c(F)c(OC(F)F)ccc4c3)c(F)c2)CC1. The Balaban J connectivity index is 1.57.